The Morgan fingerprint density at radius 1 is 1.04 bits per heavy atom. The van der Waals surface area contributed by atoms with E-state index in [0.29, 0.717) is 24.2 Å². The fourth-order valence-corrected chi connectivity index (χ4v) is 3.34. The first-order chi connectivity index (χ1) is 13.0. The summed E-state index contributed by atoms with van der Waals surface area (Å²) in [6, 6.07) is 12.7. The predicted molar refractivity (Wildman–Crippen MR) is 103 cm³/mol. The van der Waals surface area contributed by atoms with E-state index < -0.39 is 0 Å². The number of rotatable bonds is 6. The van der Waals surface area contributed by atoms with E-state index in [4.69, 9.17) is 5.73 Å². The first-order valence-corrected chi connectivity index (χ1v) is 9.19. The molecule has 0 saturated heterocycles. The third-order valence-corrected chi connectivity index (χ3v) is 4.97. The quantitative estimate of drug-likeness (QED) is 0.731. The van der Waals surface area contributed by atoms with Crippen LogP contribution < -0.4 is 16.4 Å². The van der Waals surface area contributed by atoms with Gasteiger partial charge in [0.15, 0.2) is 0 Å². The lowest BCUT2D eigenvalue weighted by molar-refractivity contribution is -0.122. The monoisotopic (exact) mass is 369 g/mol. The van der Waals surface area contributed by atoms with E-state index in [1.165, 1.54) is 24.3 Å². The molecular formula is C21H24FN3O2. The van der Waals surface area contributed by atoms with Crippen LogP contribution in [0.25, 0.3) is 0 Å². The predicted octanol–water partition coefficient (Wildman–Crippen LogP) is 3.21. The van der Waals surface area contributed by atoms with Gasteiger partial charge in [-0.25, -0.2) is 4.39 Å². The number of hydrogen-bond acceptors (Lipinski definition) is 3. The van der Waals surface area contributed by atoms with Crippen molar-refractivity contribution in [2.45, 2.75) is 38.3 Å². The maximum atomic E-state index is 12.9. The van der Waals surface area contributed by atoms with E-state index in [1.807, 2.05) is 0 Å². The van der Waals surface area contributed by atoms with Gasteiger partial charge in [-0.15, -0.1) is 0 Å². The SMILES string of the molecule is N[C@@H]1CCC[C@H]1CC(=O)NCc1ccc(C(=O)Nc2ccc(F)cc2)cc1. The minimum Gasteiger partial charge on any atom is -0.352 e. The molecule has 2 aromatic rings. The van der Waals surface area contributed by atoms with Crippen molar-refractivity contribution in [1.29, 1.82) is 0 Å². The molecule has 142 valence electrons. The van der Waals surface area contributed by atoms with Crippen molar-refractivity contribution in [2.24, 2.45) is 11.7 Å². The lowest BCUT2D eigenvalue weighted by Crippen LogP contribution is -2.31. The molecule has 0 spiro atoms. The van der Waals surface area contributed by atoms with E-state index >= 15 is 0 Å². The highest BCUT2D eigenvalue weighted by atomic mass is 19.1. The summed E-state index contributed by atoms with van der Waals surface area (Å²) < 4.78 is 12.9. The van der Waals surface area contributed by atoms with Crippen molar-refractivity contribution < 1.29 is 14.0 Å². The number of carbonyl (C=O) groups is 2. The van der Waals surface area contributed by atoms with Gasteiger partial charge in [-0.1, -0.05) is 18.6 Å². The van der Waals surface area contributed by atoms with E-state index in [1.54, 1.807) is 24.3 Å². The van der Waals surface area contributed by atoms with Gasteiger partial charge in [-0.2, -0.15) is 0 Å². The summed E-state index contributed by atoms with van der Waals surface area (Å²) in [4.78, 5) is 24.3. The van der Waals surface area contributed by atoms with Gasteiger partial charge in [-0.05, 0) is 60.7 Å². The zero-order valence-corrected chi connectivity index (χ0v) is 15.1. The lowest BCUT2D eigenvalue weighted by Gasteiger charge is -2.14. The Bertz CT molecular complexity index is 790. The summed E-state index contributed by atoms with van der Waals surface area (Å²) in [7, 11) is 0. The van der Waals surface area contributed by atoms with Gasteiger partial charge >= 0.3 is 0 Å². The Kier molecular flexibility index (Phi) is 6.19. The second kappa shape index (κ2) is 8.77. The van der Waals surface area contributed by atoms with Crippen LogP contribution in [0.4, 0.5) is 10.1 Å². The largest absolute Gasteiger partial charge is 0.352 e. The zero-order valence-electron chi connectivity index (χ0n) is 15.1. The number of carbonyl (C=O) groups excluding carboxylic acids is 2. The van der Waals surface area contributed by atoms with Gasteiger partial charge in [0, 0.05) is 30.3 Å². The molecule has 2 atom stereocenters. The summed E-state index contributed by atoms with van der Waals surface area (Å²) in [6.07, 6.45) is 3.59. The van der Waals surface area contributed by atoms with Crippen molar-refractivity contribution >= 4 is 17.5 Å². The maximum absolute atomic E-state index is 12.9. The number of nitrogens with two attached hydrogens (primary N) is 1. The summed E-state index contributed by atoms with van der Waals surface area (Å²) >= 11 is 0. The average Bonchev–Trinajstić information content (AvgIpc) is 3.07. The minimum absolute atomic E-state index is 0.00970. The van der Waals surface area contributed by atoms with Crippen LogP contribution in [0, 0.1) is 11.7 Å². The molecule has 1 saturated carbocycles. The van der Waals surface area contributed by atoms with Gasteiger partial charge in [-0.3, -0.25) is 9.59 Å². The molecule has 0 bridgehead atoms. The van der Waals surface area contributed by atoms with Gasteiger partial charge in [0.05, 0.1) is 0 Å². The average molecular weight is 369 g/mol. The molecule has 0 heterocycles. The van der Waals surface area contributed by atoms with Crippen LogP contribution >= 0.6 is 0 Å². The second-order valence-electron chi connectivity index (χ2n) is 6.99. The van der Waals surface area contributed by atoms with Crippen LogP contribution in [0.1, 0.15) is 41.6 Å². The van der Waals surface area contributed by atoms with Crippen LogP contribution in [0.2, 0.25) is 0 Å². The number of amides is 2. The Morgan fingerprint density at radius 2 is 1.74 bits per heavy atom. The van der Waals surface area contributed by atoms with Gasteiger partial charge in [0.1, 0.15) is 5.82 Å². The molecule has 5 nitrogen and oxygen atoms in total. The molecule has 3 rings (SSSR count). The molecule has 2 amide bonds. The van der Waals surface area contributed by atoms with Crippen molar-refractivity contribution in [3.8, 4) is 0 Å². The normalized spacial score (nSPS) is 18.9. The molecule has 27 heavy (non-hydrogen) atoms. The van der Waals surface area contributed by atoms with Gasteiger partial charge < -0.3 is 16.4 Å². The number of anilines is 1. The van der Waals surface area contributed by atoms with E-state index in [9.17, 15) is 14.0 Å². The molecule has 0 aliphatic heterocycles. The van der Waals surface area contributed by atoms with E-state index in [0.717, 1.165) is 24.8 Å². The fraction of sp³-hybridized carbons (Fsp3) is 0.333. The summed E-state index contributed by atoms with van der Waals surface area (Å²) in [5, 5.41) is 5.62. The van der Waals surface area contributed by atoms with Crippen LogP contribution in [0.3, 0.4) is 0 Å². The number of benzene rings is 2. The Hall–Kier alpha value is -2.73. The standard InChI is InChI=1S/C21H24FN3O2/c22-17-8-10-18(11-9-17)25-21(27)15-6-4-14(5-7-15)13-24-20(26)12-16-2-1-3-19(16)23/h4-11,16,19H,1-3,12-13,23H2,(H,24,26)(H,25,27)/t16-,19+/m0/s1. The molecule has 0 aromatic heterocycles. The first-order valence-electron chi connectivity index (χ1n) is 9.19. The Balaban J connectivity index is 1.48. The van der Waals surface area contributed by atoms with Crippen LogP contribution in [-0.4, -0.2) is 17.9 Å². The van der Waals surface area contributed by atoms with Gasteiger partial charge in [0.25, 0.3) is 5.91 Å². The first kappa shape index (κ1) is 19.0. The van der Waals surface area contributed by atoms with E-state index in [-0.39, 0.29) is 29.6 Å². The highest BCUT2D eigenvalue weighted by Crippen LogP contribution is 2.26. The number of hydrogen-bond donors (Lipinski definition) is 3. The molecule has 2 aromatic carbocycles. The smallest absolute Gasteiger partial charge is 0.255 e. The van der Waals surface area contributed by atoms with Crippen molar-refractivity contribution in [3.05, 3.63) is 65.5 Å². The van der Waals surface area contributed by atoms with Gasteiger partial charge in [0.2, 0.25) is 5.91 Å². The van der Waals surface area contributed by atoms with Crippen molar-refractivity contribution in [1.82, 2.24) is 5.32 Å². The fourth-order valence-electron chi connectivity index (χ4n) is 3.34. The molecule has 1 aliphatic rings. The number of nitrogens with one attached hydrogen (secondary N) is 2. The van der Waals surface area contributed by atoms with Crippen LogP contribution in [0.15, 0.2) is 48.5 Å². The summed E-state index contributed by atoms with van der Waals surface area (Å²) in [5.41, 5.74) is 7.94. The van der Waals surface area contributed by atoms with Crippen molar-refractivity contribution in [3.63, 3.8) is 0 Å². The third kappa shape index (κ3) is 5.37. The number of halogens is 1. The Morgan fingerprint density at radius 3 is 2.37 bits per heavy atom. The molecular weight excluding hydrogens is 345 g/mol. The highest BCUT2D eigenvalue weighted by molar-refractivity contribution is 6.04. The molecule has 0 radical (unpaired) electrons. The lowest BCUT2D eigenvalue weighted by atomic mass is 10.00. The molecule has 4 N–H and O–H groups in total. The maximum Gasteiger partial charge on any atom is 0.255 e. The minimum atomic E-state index is -0.352. The molecule has 6 heteroatoms. The second-order valence-corrected chi connectivity index (χ2v) is 6.99. The molecule has 1 fully saturated rings. The summed E-state index contributed by atoms with van der Waals surface area (Å²) in [5.74, 6) is -0.334. The highest BCUT2D eigenvalue weighted by Gasteiger charge is 2.25. The molecule has 0 unspecified atom stereocenters. The topological polar surface area (TPSA) is 84.2 Å². The van der Waals surface area contributed by atoms with E-state index in [2.05, 4.69) is 10.6 Å². The molecule has 1 aliphatic carbocycles. The van der Waals surface area contributed by atoms with Crippen LogP contribution in [-0.2, 0) is 11.3 Å². The van der Waals surface area contributed by atoms with Crippen molar-refractivity contribution in [2.75, 3.05) is 5.32 Å². The summed E-state index contributed by atoms with van der Waals surface area (Å²) in [6.45, 7) is 0.417. The third-order valence-electron chi connectivity index (χ3n) is 4.97. The Labute approximate surface area is 158 Å². The van der Waals surface area contributed by atoms with Crippen LogP contribution in [0.5, 0.6) is 0 Å². The zero-order chi connectivity index (χ0) is 19.2.